The van der Waals surface area contributed by atoms with Gasteiger partial charge in [-0.1, -0.05) is 60.7 Å². The van der Waals surface area contributed by atoms with E-state index in [2.05, 4.69) is 84.0 Å². The number of aliphatic hydroxyl groups is 1. The maximum atomic E-state index is 9.34. The highest BCUT2D eigenvalue weighted by Gasteiger charge is 2.26. The minimum absolute atomic E-state index is 0.0330. The summed E-state index contributed by atoms with van der Waals surface area (Å²) in [7, 11) is 0. The Morgan fingerprint density at radius 2 is 1.92 bits per heavy atom. The number of nitrogens with zero attached hydrogens (tertiary/aromatic N) is 1. The van der Waals surface area contributed by atoms with Crippen LogP contribution in [0.2, 0.25) is 0 Å². The van der Waals surface area contributed by atoms with Crippen molar-refractivity contribution >= 4 is 11.9 Å². The van der Waals surface area contributed by atoms with Crippen LogP contribution in [0.25, 0.3) is 11.1 Å². The van der Waals surface area contributed by atoms with Crippen molar-refractivity contribution in [2.75, 3.05) is 11.9 Å². The van der Waals surface area contributed by atoms with Crippen molar-refractivity contribution in [2.45, 2.75) is 13.0 Å². The van der Waals surface area contributed by atoms with Gasteiger partial charge < -0.3 is 10.4 Å². The molecule has 2 atom stereocenters. The Hall–Kier alpha value is -2.91. The van der Waals surface area contributed by atoms with E-state index >= 15 is 0 Å². The molecule has 130 valence electrons. The van der Waals surface area contributed by atoms with Crippen molar-refractivity contribution in [2.24, 2.45) is 10.9 Å². The third-order valence-corrected chi connectivity index (χ3v) is 4.98. The highest BCUT2D eigenvalue weighted by molar-refractivity contribution is 5.81. The number of hydrogen-bond donors (Lipinski definition) is 2. The second-order valence-corrected chi connectivity index (χ2v) is 6.68. The summed E-state index contributed by atoms with van der Waals surface area (Å²) in [5.74, 6) is 0.187. The molecule has 1 heterocycles. The molecule has 0 fully saturated rings. The number of nitrogens with one attached hydrogen (secondary N) is 1. The summed E-state index contributed by atoms with van der Waals surface area (Å²) in [6.07, 6.45) is 10.2. The molecule has 26 heavy (non-hydrogen) atoms. The Labute approximate surface area is 154 Å². The molecule has 0 aromatic heterocycles. The number of rotatable bonds is 4. The van der Waals surface area contributed by atoms with Crippen molar-refractivity contribution in [3.63, 3.8) is 0 Å². The maximum Gasteiger partial charge on any atom is 0.0994 e. The molecule has 2 aliphatic rings. The molecule has 1 aliphatic carbocycles. The lowest BCUT2D eigenvalue weighted by Gasteiger charge is -2.29. The molecule has 2 N–H and O–H groups in total. The molecule has 0 bridgehead atoms. The third kappa shape index (κ3) is 3.14. The van der Waals surface area contributed by atoms with Crippen LogP contribution in [-0.4, -0.2) is 24.0 Å². The molecule has 0 saturated heterocycles. The Kier molecular flexibility index (Phi) is 4.55. The highest BCUT2D eigenvalue weighted by atomic mass is 16.3. The van der Waals surface area contributed by atoms with Crippen LogP contribution in [0, 0.1) is 12.8 Å². The van der Waals surface area contributed by atoms with Crippen LogP contribution in [0.3, 0.4) is 0 Å². The number of anilines is 1. The highest BCUT2D eigenvalue weighted by Crippen LogP contribution is 2.32. The van der Waals surface area contributed by atoms with Crippen molar-refractivity contribution in [1.29, 1.82) is 0 Å². The first-order chi connectivity index (χ1) is 12.8. The average molecular weight is 342 g/mol. The second-order valence-electron chi connectivity index (χ2n) is 6.68. The first-order valence-corrected chi connectivity index (χ1v) is 8.91. The maximum absolute atomic E-state index is 9.34. The summed E-state index contributed by atoms with van der Waals surface area (Å²) >= 11 is 0. The van der Waals surface area contributed by atoms with Crippen LogP contribution in [0.4, 0.5) is 5.69 Å². The zero-order valence-electron chi connectivity index (χ0n) is 14.8. The Morgan fingerprint density at radius 3 is 2.73 bits per heavy atom. The molecular formula is C23H22N2O. The zero-order valence-corrected chi connectivity index (χ0v) is 14.8. The first-order valence-electron chi connectivity index (χ1n) is 8.91. The van der Waals surface area contributed by atoms with E-state index in [1.807, 2.05) is 6.07 Å². The Morgan fingerprint density at radius 1 is 1.08 bits per heavy atom. The summed E-state index contributed by atoms with van der Waals surface area (Å²) in [5, 5.41) is 12.9. The summed E-state index contributed by atoms with van der Waals surface area (Å²) in [6.45, 7) is 2.18. The largest absolute Gasteiger partial charge is 0.392 e. The normalized spacial score (nSPS) is 21.0. The van der Waals surface area contributed by atoms with E-state index in [1.165, 1.54) is 16.7 Å². The van der Waals surface area contributed by atoms with Crippen LogP contribution in [0.5, 0.6) is 0 Å². The van der Waals surface area contributed by atoms with Crippen LogP contribution in [-0.2, 0) is 0 Å². The molecule has 3 nitrogen and oxygen atoms in total. The van der Waals surface area contributed by atoms with Gasteiger partial charge >= 0.3 is 0 Å². The standard InChI is InChI=1S/C23H22N2O/c1-16-20(18-7-3-2-4-8-18)10-6-11-21(16)25-22-12-5-9-19-13-17(15-26)14-24-23(19)22/h2-14,19,23,25-26H,15H2,1H3. The number of allylic oxidation sites excluding steroid dienone is 2. The van der Waals surface area contributed by atoms with E-state index in [0.717, 1.165) is 17.0 Å². The minimum Gasteiger partial charge on any atom is -0.392 e. The number of hydrogen-bond acceptors (Lipinski definition) is 3. The number of dihydropyridines is 1. The first kappa shape index (κ1) is 16.6. The van der Waals surface area contributed by atoms with E-state index in [1.54, 1.807) is 6.21 Å². The molecule has 1 aliphatic heterocycles. The van der Waals surface area contributed by atoms with Gasteiger partial charge in [-0.25, -0.2) is 0 Å². The number of fused-ring (bicyclic) bond motifs is 1. The van der Waals surface area contributed by atoms with E-state index in [0.29, 0.717) is 0 Å². The van der Waals surface area contributed by atoms with Gasteiger partial charge in [-0.2, -0.15) is 0 Å². The van der Waals surface area contributed by atoms with E-state index < -0.39 is 0 Å². The van der Waals surface area contributed by atoms with Gasteiger partial charge in [0.15, 0.2) is 0 Å². The van der Waals surface area contributed by atoms with Gasteiger partial charge in [0.25, 0.3) is 0 Å². The van der Waals surface area contributed by atoms with Crippen molar-refractivity contribution < 1.29 is 5.11 Å². The molecule has 2 aromatic carbocycles. The van der Waals surface area contributed by atoms with Crippen molar-refractivity contribution in [1.82, 2.24) is 0 Å². The summed E-state index contributed by atoms with van der Waals surface area (Å²) in [5.41, 5.74) is 6.72. The zero-order chi connectivity index (χ0) is 17.9. The Bertz CT molecular complexity index is 922. The second kappa shape index (κ2) is 7.14. The summed E-state index contributed by atoms with van der Waals surface area (Å²) in [4.78, 5) is 4.66. The monoisotopic (exact) mass is 342 g/mol. The number of benzene rings is 2. The fourth-order valence-electron chi connectivity index (χ4n) is 3.56. The minimum atomic E-state index is 0.0330. The molecule has 0 saturated carbocycles. The van der Waals surface area contributed by atoms with E-state index in [4.69, 9.17) is 0 Å². The van der Waals surface area contributed by atoms with Crippen molar-refractivity contribution in [3.8, 4) is 11.1 Å². The fraction of sp³-hybridized carbons (Fsp3) is 0.174. The van der Waals surface area contributed by atoms with Gasteiger partial charge in [0.1, 0.15) is 0 Å². The van der Waals surface area contributed by atoms with Crippen LogP contribution in [0.1, 0.15) is 5.56 Å². The smallest absolute Gasteiger partial charge is 0.0994 e. The molecular weight excluding hydrogens is 320 g/mol. The molecule has 2 unspecified atom stereocenters. The van der Waals surface area contributed by atoms with Crippen LogP contribution < -0.4 is 5.32 Å². The number of aliphatic hydroxyl groups excluding tert-OH is 1. The quantitative estimate of drug-likeness (QED) is 0.858. The lowest BCUT2D eigenvalue weighted by molar-refractivity contribution is 0.335. The van der Waals surface area contributed by atoms with Gasteiger partial charge in [0, 0.05) is 23.5 Å². The predicted molar refractivity (Wildman–Crippen MR) is 108 cm³/mol. The van der Waals surface area contributed by atoms with Gasteiger partial charge in [0.2, 0.25) is 0 Å². The SMILES string of the molecule is Cc1c(NC2=CC=CC3C=C(CO)C=NC23)cccc1-c1ccccc1. The van der Waals surface area contributed by atoms with Gasteiger partial charge in [0.05, 0.1) is 12.6 Å². The lowest BCUT2D eigenvalue weighted by Crippen LogP contribution is -2.28. The average Bonchev–Trinajstić information content (AvgIpc) is 2.70. The van der Waals surface area contributed by atoms with Gasteiger partial charge in [-0.05, 0) is 41.3 Å². The Balaban J connectivity index is 1.62. The summed E-state index contributed by atoms with van der Waals surface area (Å²) in [6, 6.07) is 16.8. The molecule has 4 rings (SSSR count). The molecule has 2 aromatic rings. The van der Waals surface area contributed by atoms with Crippen LogP contribution in [0.15, 0.2) is 89.1 Å². The molecule has 3 heteroatoms. The molecule has 0 amide bonds. The topological polar surface area (TPSA) is 44.6 Å². The van der Waals surface area contributed by atoms with E-state index in [-0.39, 0.29) is 18.6 Å². The summed E-state index contributed by atoms with van der Waals surface area (Å²) < 4.78 is 0. The lowest BCUT2D eigenvalue weighted by atomic mass is 9.88. The van der Waals surface area contributed by atoms with Crippen molar-refractivity contribution in [3.05, 3.63) is 89.7 Å². The molecule has 0 spiro atoms. The molecule has 0 radical (unpaired) electrons. The number of aliphatic imine (C=N–C) groups is 1. The van der Waals surface area contributed by atoms with Gasteiger partial charge in [-0.15, -0.1) is 0 Å². The van der Waals surface area contributed by atoms with Crippen LogP contribution >= 0.6 is 0 Å². The fourth-order valence-corrected chi connectivity index (χ4v) is 3.56. The van der Waals surface area contributed by atoms with Gasteiger partial charge in [-0.3, -0.25) is 4.99 Å². The third-order valence-electron chi connectivity index (χ3n) is 4.98. The van der Waals surface area contributed by atoms with E-state index in [9.17, 15) is 5.11 Å². The predicted octanol–water partition coefficient (Wildman–Crippen LogP) is 4.52.